The van der Waals surface area contributed by atoms with E-state index in [4.69, 9.17) is 4.74 Å². The molecule has 2 aromatic rings. The quantitative estimate of drug-likeness (QED) is 0.917. The van der Waals surface area contributed by atoms with E-state index in [1.165, 1.54) is 0 Å². The van der Waals surface area contributed by atoms with E-state index in [1.807, 2.05) is 18.2 Å². The van der Waals surface area contributed by atoms with E-state index in [0.29, 0.717) is 18.2 Å². The Morgan fingerprint density at radius 1 is 1.41 bits per heavy atom. The first-order valence-corrected chi connectivity index (χ1v) is 7.66. The van der Waals surface area contributed by atoms with Crippen molar-refractivity contribution in [3.63, 3.8) is 0 Å². The van der Waals surface area contributed by atoms with Crippen LogP contribution in [0.15, 0.2) is 41.5 Å². The number of likely N-dealkylation sites (tertiary alicyclic amines) is 1. The third-order valence-corrected chi connectivity index (χ3v) is 4.09. The molecular formula is C17H21N3O2. The smallest absolute Gasteiger partial charge is 0.270 e. The maximum Gasteiger partial charge on any atom is 0.270 e. The lowest BCUT2D eigenvalue weighted by atomic mass is 10.1. The van der Waals surface area contributed by atoms with Crippen LogP contribution in [0.2, 0.25) is 0 Å². The zero-order valence-corrected chi connectivity index (χ0v) is 12.8. The summed E-state index contributed by atoms with van der Waals surface area (Å²) in [6.07, 6.45) is 4.29. The van der Waals surface area contributed by atoms with Gasteiger partial charge in [0.05, 0.1) is 6.61 Å². The number of aromatic amines is 1. The van der Waals surface area contributed by atoms with Crippen molar-refractivity contribution in [1.82, 2.24) is 14.9 Å². The number of aryl methyl sites for hydroxylation is 1. The first-order chi connectivity index (χ1) is 10.7. The highest BCUT2D eigenvalue weighted by Gasteiger charge is 2.24. The van der Waals surface area contributed by atoms with Gasteiger partial charge in [-0.05, 0) is 31.5 Å². The summed E-state index contributed by atoms with van der Waals surface area (Å²) in [6.45, 7) is 5.32. The van der Waals surface area contributed by atoms with Crippen LogP contribution in [0.25, 0.3) is 0 Å². The van der Waals surface area contributed by atoms with Crippen molar-refractivity contribution in [2.45, 2.75) is 19.9 Å². The molecule has 22 heavy (non-hydrogen) atoms. The van der Waals surface area contributed by atoms with E-state index in [1.54, 1.807) is 12.4 Å². The van der Waals surface area contributed by atoms with Crippen LogP contribution in [0.3, 0.4) is 0 Å². The van der Waals surface area contributed by atoms with Gasteiger partial charge in [-0.2, -0.15) is 0 Å². The summed E-state index contributed by atoms with van der Waals surface area (Å²) >= 11 is 0. The number of nitrogens with zero attached hydrogens (tertiary/aromatic N) is 2. The summed E-state index contributed by atoms with van der Waals surface area (Å²) in [4.78, 5) is 20.8. The Morgan fingerprint density at radius 3 is 3.09 bits per heavy atom. The second-order valence-corrected chi connectivity index (χ2v) is 5.83. The van der Waals surface area contributed by atoms with Crippen LogP contribution in [0.4, 0.5) is 0 Å². The molecule has 1 aliphatic heterocycles. The average molecular weight is 299 g/mol. The number of hydrogen-bond acceptors (Lipinski definition) is 4. The highest BCUT2D eigenvalue weighted by atomic mass is 16.5. The molecule has 1 fully saturated rings. The molecule has 1 N–H and O–H groups in total. The SMILES string of the molecule is Cc1ccccc1OCC1CCN(Cc2ncc[nH]c2=O)C1. The number of aromatic nitrogens is 2. The van der Waals surface area contributed by atoms with Gasteiger partial charge in [-0.25, -0.2) is 0 Å². The Morgan fingerprint density at radius 2 is 2.27 bits per heavy atom. The van der Waals surface area contributed by atoms with Gasteiger partial charge in [0.1, 0.15) is 11.4 Å². The average Bonchev–Trinajstić information content (AvgIpc) is 2.96. The fraction of sp³-hybridized carbons (Fsp3) is 0.412. The minimum Gasteiger partial charge on any atom is -0.493 e. The zero-order chi connectivity index (χ0) is 15.4. The van der Waals surface area contributed by atoms with Crippen molar-refractivity contribution in [1.29, 1.82) is 0 Å². The van der Waals surface area contributed by atoms with Gasteiger partial charge in [-0.1, -0.05) is 18.2 Å². The number of benzene rings is 1. The molecule has 3 rings (SSSR count). The maximum atomic E-state index is 11.7. The summed E-state index contributed by atoms with van der Waals surface area (Å²) in [5.74, 6) is 1.46. The van der Waals surface area contributed by atoms with Gasteiger partial charge in [0.15, 0.2) is 0 Å². The van der Waals surface area contributed by atoms with Gasteiger partial charge in [-0.3, -0.25) is 14.7 Å². The van der Waals surface area contributed by atoms with Crippen LogP contribution in [-0.4, -0.2) is 34.6 Å². The molecule has 116 valence electrons. The molecule has 1 aliphatic rings. The van der Waals surface area contributed by atoms with E-state index < -0.39 is 0 Å². The van der Waals surface area contributed by atoms with Crippen molar-refractivity contribution < 1.29 is 4.74 Å². The fourth-order valence-electron chi connectivity index (χ4n) is 2.83. The number of rotatable bonds is 5. The minimum absolute atomic E-state index is 0.0953. The van der Waals surface area contributed by atoms with E-state index in [2.05, 4.69) is 27.9 Å². The number of nitrogens with one attached hydrogen (secondary N) is 1. The lowest BCUT2D eigenvalue weighted by Gasteiger charge is -2.16. The molecule has 0 amide bonds. The van der Waals surface area contributed by atoms with Crippen LogP contribution < -0.4 is 10.3 Å². The van der Waals surface area contributed by atoms with Crippen LogP contribution in [0.1, 0.15) is 17.7 Å². The molecule has 1 unspecified atom stereocenters. The molecule has 0 radical (unpaired) electrons. The third-order valence-electron chi connectivity index (χ3n) is 4.09. The molecule has 5 nitrogen and oxygen atoms in total. The van der Waals surface area contributed by atoms with Crippen molar-refractivity contribution in [3.05, 3.63) is 58.3 Å². The Hall–Kier alpha value is -2.14. The Labute approximate surface area is 130 Å². The molecule has 1 atom stereocenters. The molecule has 1 saturated heterocycles. The Bertz CT molecular complexity index is 683. The van der Waals surface area contributed by atoms with E-state index in [0.717, 1.165) is 37.4 Å². The van der Waals surface area contributed by atoms with Crippen molar-refractivity contribution >= 4 is 0 Å². The molecule has 0 bridgehead atoms. The Kier molecular flexibility index (Phi) is 4.53. The predicted octanol–water partition coefficient (Wildman–Crippen LogP) is 1.98. The number of hydrogen-bond donors (Lipinski definition) is 1. The van der Waals surface area contributed by atoms with Crippen LogP contribution in [0.5, 0.6) is 5.75 Å². The van der Waals surface area contributed by atoms with E-state index in [9.17, 15) is 4.79 Å². The second kappa shape index (κ2) is 6.75. The van der Waals surface area contributed by atoms with E-state index in [-0.39, 0.29) is 5.56 Å². The second-order valence-electron chi connectivity index (χ2n) is 5.83. The van der Waals surface area contributed by atoms with Crippen LogP contribution in [0, 0.1) is 12.8 Å². The van der Waals surface area contributed by atoms with Crippen LogP contribution >= 0.6 is 0 Å². The normalized spacial score (nSPS) is 18.5. The molecule has 5 heteroatoms. The minimum atomic E-state index is -0.0953. The van der Waals surface area contributed by atoms with Gasteiger partial charge >= 0.3 is 0 Å². The summed E-state index contributed by atoms with van der Waals surface area (Å²) in [5.41, 5.74) is 1.66. The fourth-order valence-corrected chi connectivity index (χ4v) is 2.83. The summed E-state index contributed by atoms with van der Waals surface area (Å²) in [7, 11) is 0. The molecule has 1 aromatic carbocycles. The van der Waals surface area contributed by atoms with Gasteiger partial charge in [0.25, 0.3) is 5.56 Å². The highest BCUT2D eigenvalue weighted by molar-refractivity contribution is 5.31. The number of H-pyrrole nitrogens is 1. The van der Waals surface area contributed by atoms with Gasteiger partial charge in [0, 0.05) is 31.4 Å². The summed E-state index contributed by atoms with van der Waals surface area (Å²) < 4.78 is 5.93. The first kappa shape index (κ1) is 14.8. The summed E-state index contributed by atoms with van der Waals surface area (Å²) in [6, 6.07) is 8.08. The molecule has 2 heterocycles. The van der Waals surface area contributed by atoms with Gasteiger partial charge < -0.3 is 9.72 Å². The lowest BCUT2D eigenvalue weighted by molar-refractivity contribution is 0.236. The van der Waals surface area contributed by atoms with Crippen molar-refractivity contribution in [2.24, 2.45) is 5.92 Å². The van der Waals surface area contributed by atoms with Crippen LogP contribution in [-0.2, 0) is 6.54 Å². The number of para-hydroxylation sites is 1. The zero-order valence-electron chi connectivity index (χ0n) is 12.8. The Balaban J connectivity index is 1.51. The molecular weight excluding hydrogens is 278 g/mol. The predicted molar refractivity (Wildman–Crippen MR) is 84.9 cm³/mol. The molecule has 0 saturated carbocycles. The molecule has 1 aromatic heterocycles. The third kappa shape index (κ3) is 3.54. The highest BCUT2D eigenvalue weighted by Crippen LogP contribution is 2.21. The van der Waals surface area contributed by atoms with Crippen molar-refractivity contribution in [2.75, 3.05) is 19.7 Å². The standard InChI is InChI=1S/C17H21N3O2/c1-13-4-2-3-5-16(13)22-12-14-6-9-20(10-14)11-15-17(21)19-8-7-18-15/h2-5,7-8,14H,6,9-12H2,1H3,(H,19,21). The topological polar surface area (TPSA) is 58.2 Å². The van der Waals surface area contributed by atoms with E-state index >= 15 is 0 Å². The summed E-state index contributed by atoms with van der Waals surface area (Å²) in [5, 5.41) is 0. The maximum absolute atomic E-state index is 11.7. The monoisotopic (exact) mass is 299 g/mol. The lowest BCUT2D eigenvalue weighted by Crippen LogP contribution is -2.26. The van der Waals surface area contributed by atoms with Gasteiger partial charge in [-0.15, -0.1) is 0 Å². The van der Waals surface area contributed by atoms with Gasteiger partial charge in [0.2, 0.25) is 0 Å². The largest absolute Gasteiger partial charge is 0.493 e. The van der Waals surface area contributed by atoms with Crippen molar-refractivity contribution in [3.8, 4) is 5.75 Å². The molecule has 0 aliphatic carbocycles. The number of ether oxygens (including phenoxy) is 1. The first-order valence-electron chi connectivity index (χ1n) is 7.66. The molecule has 0 spiro atoms.